The van der Waals surface area contributed by atoms with Crippen LogP contribution in [0.15, 0.2) is 0 Å². The molecular weight excluding hydrogens is 212 g/mol. The average molecular weight is 233 g/mol. The number of carbonyl (C=O) groups is 1. The Morgan fingerprint density at radius 2 is 1.81 bits per heavy atom. The van der Waals surface area contributed by atoms with Gasteiger partial charge in [0.15, 0.2) is 6.54 Å². The van der Waals surface area contributed by atoms with E-state index in [0.717, 1.165) is 26.2 Å². The summed E-state index contributed by atoms with van der Waals surface area (Å²) in [6, 6.07) is 0. The summed E-state index contributed by atoms with van der Waals surface area (Å²) in [6.07, 6.45) is 0. The molecule has 0 aromatic carbocycles. The maximum absolute atomic E-state index is 10.8. The number of carboxylic acid groups (broad SMARTS) is 1. The van der Waals surface area contributed by atoms with Gasteiger partial charge in [-0.1, -0.05) is 0 Å². The van der Waals surface area contributed by atoms with Crippen molar-refractivity contribution in [2.24, 2.45) is 0 Å². The fraction of sp³-hybridized carbons (Fsp3) is 0.900. The second-order valence-corrected chi connectivity index (χ2v) is 4.35. The molecule has 0 amide bonds. The standard InChI is InChI=1S/C10H20N2O4/c13-7-3-11-1-4-12(5-2-11,6-8-14)9-10(15)16/h13-14H,1-9H2/p+1. The van der Waals surface area contributed by atoms with Gasteiger partial charge in [0.1, 0.15) is 6.54 Å². The van der Waals surface area contributed by atoms with Gasteiger partial charge >= 0.3 is 5.97 Å². The third-order valence-electron chi connectivity index (χ3n) is 3.24. The van der Waals surface area contributed by atoms with Gasteiger partial charge in [-0.15, -0.1) is 0 Å². The number of quaternary nitrogens is 1. The van der Waals surface area contributed by atoms with Crippen LogP contribution in [0.4, 0.5) is 0 Å². The molecule has 0 atom stereocenters. The Labute approximate surface area is 95.3 Å². The van der Waals surface area contributed by atoms with Crippen molar-refractivity contribution in [3.63, 3.8) is 0 Å². The Hall–Kier alpha value is -0.690. The van der Waals surface area contributed by atoms with Crippen LogP contribution < -0.4 is 0 Å². The molecule has 16 heavy (non-hydrogen) atoms. The molecule has 1 fully saturated rings. The number of hydrogen-bond acceptors (Lipinski definition) is 4. The zero-order valence-corrected chi connectivity index (χ0v) is 9.51. The maximum Gasteiger partial charge on any atom is 0.359 e. The van der Waals surface area contributed by atoms with Gasteiger partial charge in [0.25, 0.3) is 0 Å². The van der Waals surface area contributed by atoms with Crippen LogP contribution in [0.1, 0.15) is 0 Å². The number of nitrogens with zero attached hydrogens (tertiary/aromatic N) is 2. The van der Waals surface area contributed by atoms with Crippen LogP contribution in [0.5, 0.6) is 0 Å². The van der Waals surface area contributed by atoms with Crippen molar-refractivity contribution in [1.29, 1.82) is 0 Å². The minimum absolute atomic E-state index is 0.0211. The zero-order valence-electron chi connectivity index (χ0n) is 9.51. The molecule has 3 N–H and O–H groups in total. The summed E-state index contributed by atoms with van der Waals surface area (Å²) in [4.78, 5) is 12.9. The molecule has 1 aliphatic rings. The second-order valence-electron chi connectivity index (χ2n) is 4.35. The van der Waals surface area contributed by atoms with E-state index in [0.29, 0.717) is 17.6 Å². The van der Waals surface area contributed by atoms with Crippen molar-refractivity contribution < 1.29 is 24.6 Å². The number of aliphatic hydroxyl groups excluding tert-OH is 2. The molecule has 6 heteroatoms. The maximum atomic E-state index is 10.8. The van der Waals surface area contributed by atoms with Gasteiger partial charge in [-0.3, -0.25) is 4.90 Å². The van der Waals surface area contributed by atoms with E-state index in [1.807, 2.05) is 0 Å². The van der Waals surface area contributed by atoms with Crippen LogP contribution in [0, 0.1) is 0 Å². The molecule has 0 aliphatic carbocycles. The van der Waals surface area contributed by atoms with Crippen molar-refractivity contribution in [2.75, 3.05) is 59.0 Å². The molecule has 0 saturated carbocycles. The Morgan fingerprint density at radius 3 is 2.25 bits per heavy atom. The van der Waals surface area contributed by atoms with Gasteiger partial charge in [0, 0.05) is 19.6 Å². The normalized spacial score (nSPS) is 20.9. The van der Waals surface area contributed by atoms with Crippen molar-refractivity contribution >= 4 is 5.97 Å². The van der Waals surface area contributed by atoms with E-state index in [9.17, 15) is 4.79 Å². The van der Waals surface area contributed by atoms with Crippen LogP contribution in [0.25, 0.3) is 0 Å². The molecule has 1 rings (SSSR count). The fourth-order valence-electron chi connectivity index (χ4n) is 2.26. The topological polar surface area (TPSA) is 81.0 Å². The molecule has 0 unspecified atom stereocenters. The van der Waals surface area contributed by atoms with Gasteiger partial charge in [0.2, 0.25) is 0 Å². The molecule has 94 valence electrons. The van der Waals surface area contributed by atoms with Gasteiger partial charge < -0.3 is 19.8 Å². The third kappa shape index (κ3) is 3.71. The van der Waals surface area contributed by atoms with Crippen molar-refractivity contribution in [1.82, 2.24) is 4.90 Å². The number of piperazine rings is 1. The highest BCUT2D eigenvalue weighted by Gasteiger charge is 2.34. The first-order valence-corrected chi connectivity index (χ1v) is 5.63. The van der Waals surface area contributed by atoms with Gasteiger partial charge in [-0.05, 0) is 0 Å². The number of rotatable bonds is 6. The summed E-state index contributed by atoms with van der Waals surface area (Å²) in [5, 5.41) is 26.7. The largest absolute Gasteiger partial charge is 0.477 e. The van der Waals surface area contributed by atoms with E-state index >= 15 is 0 Å². The highest BCUT2D eigenvalue weighted by Crippen LogP contribution is 2.12. The average Bonchev–Trinajstić information content (AvgIpc) is 2.21. The SMILES string of the molecule is O=C(O)C[N+]1(CCO)CCN(CCO)CC1. The molecule has 0 spiro atoms. The number of carboxylic acids is 1. The first-order valence-electron chi connectivity index (χ1n) is 5.63. The lowest BCUT2D eigenvalue weighted by Crippen LogP contribution is -2.62. The minimum Gasteiger partial charge on any atom is -0.477 e. The summed E-state index contributed by atoms with van der Waals surface area (Å²) < 4.78 is 0.452. The molecule has 1 saturated heterocycles. The molecule has 0 aromatic heterocycles. The Bertz CT molecular complexity index is 227. The monoisotopic (exact) mass is 233 g/mol. The van der Waals surface area contributed by atoms with Crippen molar-refractivity contribution in [3.05, 3.63) is 0 Å². The van der Waals surface area contributed by atoms with Gasteiger partial charge in [-0.25, -0.2) is 4.79 Å². The predicted octanol–water partition coefficient (Wildman–Crippen LogP) is -1.81. The lowest BCUT2D eigenvalue weighted by molar-refractivity contribution is -0.925. The van der Waals surface area contributed by atoms with E-state index in [2.05, 4.69) is 4.90 Å². The Balaban J connectivity index is 2.51. The van der Waals surface area contributed by atoms with Crippen molar-refractivity contribution in [2.45, 2.75) is 0 Å². The van der Waals surface area contributed by atoms with Gasteiger partial charge in [0.05, 0.1) is 26.3 Å². The number of aliphatic carboxylic acids is 1. The first-order chi connectivity index (χ1) is 7.62. The van der Waals surface area contributed by atoms with E-state index in [1.165, 1.54) is 0 Å². The summed E-state index contributed by atoms with van der Waals surface area (Å²) in [6.45, 7) is 4.41. The minimum atomic E-state index is -0.816. The van der Waals surface area contributed by atoms with E-state index in [1.54, 1.807) is 0 Å². The molecule has 6 nitrogen and oxygen atoms in total. The Morgan fingerprint density at radius 1 is 1.19 bits per heavy atom. The molecule has 1 heterocycles. The molecule has 0 bridgehead atoms. The highest BCUT2D eigenvalue weighted by atomic mass is 16.4. The lowest BCUT2D eigenvalue weighted by atomic mass is 10.2. The quantitative estimate of drug-likeness (QED) is 0.471. The number of hydrogen-bond donors (Lipinski definition) is 3. The molecule has 0 radical (unpaired) electrons. The van der Waals surface area contributed by atoms with Crippen LogP contribution in [0.3, 0.4) is 0 Å². The van der Waals surface area contributed by atoms with E-state index in [-0.39, 0.29) is 19.8 Å². The summed E-state index contributed by atoms with van der Waals surface area (Å²) in [5.74, 6) is -0.816. The molecular formula is C10H21N2O4+. The summed E-state index contributed by atoms with van der Waals surface area (Å²) in [5.41, 5.74) is 0. The lowest BCUT2D eigenvalue weighted by Gasteiger charge is -2.43. The predicted molar refractivity (Wildman–Crippen MR) is 58.0 cm³/mol. The number of aliphatic hydroxyl groups is 2. The summed E-state index contributed by atoms with van der Waals surface area (Å²) in [7, 11) is 0. The van der Waals surface area contributed by atoms with E-state index < -0.39 is 5.97 Å². The van der Waals surface area contributed by atoms with Crippen LogP contribution in [-0.2, 0) is 4.79 Å². The van der Waals surface area contributed by atoms with Crippen LogP contribution >= 0.6 is 0 Å². The van der Waals surface area contributed by atoms with E-state index in [4.69, 9.17) is 15.3 Å². The molecule has 0 aromatic rings. The fourth-order valence-corrected chi connectivity index (χ4v) is 2.26. The summed E-state index contributed by atoms with van der Waals surface area (Å²) >= 11 is 0. The molecule has 1 aliphatic heterocycles. The number of β-amino-alcohol motifs (C(OH)–C–C–N with tert-alkyl or cyclic N) is 1. The smallest absolute Gasteiger partial charge is 0.359 e. The van der Waals surface area contributed by atoms with Crippen molar-refractivity contribution in [3.8, 4) is 0 Å². The second kappa shape index (κ2) is 6.15. The third-order valence-corrected chi connectivity index (χ3v) is 3.24. The highest BCUT2D eigenvalue weighted by molar-refractivity contribution is 5.67. The Kier molecular flexibility index (Phi) is 5.14. The van der Waals surface area contributed by atoms with Crippen LogP contribution in [0.2, 0.25) is 0 Å². The van der Waals surface area contributed by atoms with Crippen LogP contribution in [-0.4, -0.2) is 89.7 Å². The van der Waals surface area contributed by atoms with Gasteiger partial charge in [-0.2, -0.15) is 0 Å². The first kappa shape index (κ1) is 13.4. The zero-order chi connectivity index (χ0) is 12.0.